The fourth-order valence-electron chi connectivity index (χ4n) is 2.28. The van der Waals surface area contributed by atoms with Gasteiger partial charge in [-0.2, -0.15) is 0 Å². The molecular weight excluding hydrogens is 240 g/mol. The van der Waals surface area contributed by atoms with Crippen LogP contribution in [0.3, 0.4) is 0 Å². The smallest absolute Gasteiger partial charge is 0.250 e. The number of carbonyl (C=O) groups excluding carboxylic acids is 1. The molecule has 1 amide bonds. The van der Waals surface area contributed by atoms with Crippen molar-refractivity contribution >= 4 is 5.91 Å². The van der Waals surface area contributed by atoms with E-state index in [0.29, 0.717) is 19.1 Å². The first-order valence-electron chi connectivity index (χ1n) is 6.86. The van der Waals surface area contributed by atoms with Crippen molar-refractivity contribution in [3.8, 4) is 0 Å². The zero-order valence-electron chi connectivity index (χ0n) is 11.6. The van der Waals surface area contributed by atoms with Crippen molar-refractivity contribution in [2.45, 2.75) is 26.0 Å². The molecule has 19 heavy (non-hydrogen) atoms. The second-order valence-electron chi connectivity index (χ2n) is 5.20. The maximum absolute atomic E-state index is 12.2. The van der Waals surface area contributed by atoms with Crippen molar-refractivity contribution in [3.63, 3.8) is 0 Å². The third-order valence-electron chi connectivity index (χ3n) is 3.34. The van der Waals surface area contributed by atoms with Crippen molar-refractivity contribution in [1.82, 2.24) is 10.6 Å². The molecule has 0 saturated carbocycles. The molecule has 4 heteroatoms. The molecule has 0 bridgehead atoms. The number of rotatable bonds is 4. The molecule has 0 spiro atoms. The van der Waals surface area contributed by atoms with Crippen molar-refractivity contribution < 1.29 is 9.53 Å². The van der Waals surface area contributed by atoms with E-state index in [1.54, 1.807) is 0 Å². The van der Waals surface area contributed by atoms with E-state index in [2.05, 4.69) is 24.5 Å². The van der Waals surface area contributed by atoms with Gasteiger partial charge in [0.05, 0.1) is 12.6 Å². The van der Waals surface area contributed by atoms with Crippen LogP contribution in [0.2, 0.25) is 0 Å². The molecule has 1 aromatic carbocycles. The maximum atomic E-state index is 12.2. The minimum atomic E-state index is -0.376. The van der Waals surface area contributed by atoms with Crippen LogP contribution < -0.4 is 10.6 Å². The van der Waals surface area contributed by atoms with Crippen LogP contribution >= 0.6 is 0 Å². The van der Waals surface area contributed by atoms with Crippen molar-refractivity contribution in [2.24, 2.45) is 5.92 Å². The third-order valence-corrected chi connectivity index (χ3v) is 3.34. The number of amides is 1. The normalized spacial score (nSPS) is 21.1. The summed E-state index contributed by atoms with van der Waals surface area (Å²) in [5, 5.41) is 6.27. The number of carbonyl (C=O) groups is 1. The Morgan fingerprint density at radius 3 is 2.68 bits per heavy atom. The quantitative estimate of drug-likeness (QED) is 0.864. The highest BCUT2D eigenvalue weighted by Gasteiger charge is 2.25. The first-order valence-corrected chi connectivity index (χ1v) is 6.86. The Balaban J connectivity index is 2.02. The van der Waals surface area contributed by atoms with Gasteiger partial charge in [0.25, 0.3) is 5.91 Å². The van der Waals surface area contributed by atoms with E-state index in [9.17, 15) is 4.79 Å². The Kier molecular flexibility index (Phi) is 4.93. The molecule has 2 atom stereocenters. The molecule has 1 heterocycles. The molecule has 1 fully saturated rings. The van der Waals surface area contributed by atoms with Gasteiger partial charge >= 0.3 is 0 Å². The van der Waals surface area contributed by atoms with Crippen LogP contribution in [0.25, 0.3) is 0 Å². The fraction of sp³-hybridized carbons (Fsp3) is 0.533. The molecule has 0 radical (unpaired) electrons. The van der Waals surface area contributed by atoms with E-state index in [0.717, 1.165) is 12.1 Å². The van der Waals surface area contributed by atoms with Crippen LogP contribution in [-0.4, -0.2) is 31.7 Å². The van der Waals surface area contributed by atoms with Gasteiger partial charge in [-0.25, -0.2) is 0 Å². The summed E-state index contributed by atoms with van der Waals surface area (Å²) < 4.78 is 5.48. The average Bonchev–Trinajstić information content (AvgIpc) is 2.46. The highest BCUT2D eigenvalue weighted by atomic mass is 16.5. The molecule has 2 unspecified atom stereocenters. The average molecular weight is 262 g/mol. The zero-order valence-corrected chi connectivity index (χ0v) is 11.6. The molecule has 1 aliphatic heterocycles. The third kappa shape index (κ3) is 3.78. The summed E-state index contributed by atoms with van der Waals surface area (Å²) in [6.45, 7) is 6.22. The lowest BCUT2D eigenvalue weighted by molar-refractivity contribution is -0.135. The Bertz CT molecular complexity index is 400. The number of hydrogen-bond donors (Lipinski definition) is 2. The van der Waals surface area contributed by atoms with Gasteiger partial charge in [0.1, 0.15) is 6.10 Å². The number of benzene rings is 1. The fourth-order valence-corrected chi connectivity index (χ4v) is 2.28. The predicted octanol–water partition coefficient (Wildman–Crippen LogP) is 1.49. The minimum Gasteiger partial charge on any atom is -0.366 e. The second-order valence-corrected chi connectivity index (χ2v) is 5.20. The van der Waals surface area contributed by atoms with Crippen LogP contribution in [0.4, 0.5) is 0 Å². The molecule has 1 aliphatic rings. The van der Waals surface area contributed by atoms with Gasteiger partial charge in [0.15, 0.2) is 0 Å². The predicted molar refractivity (Wildman–Crippen MR) is 74.8 cm³/mol. The van der Waals surface area contributed by atoms with Gasteiger partial charge in [-0.15, -0.1) is 0 Å². The van der Waals surface area contributed by atoms with Crippen molar-refractivity contribution in [1.29, 1.82) is 0 Å². The van der Waals surface area contributed by atoms with Gasteiger partial charge in [-0.3, -0.25) is 4.79 Å². The van der Waals surface area contributed by atoms with Crippen molar-refractivity contribution in [3.05, 3.63) is 35.9 Å². The number of hydrogen-bond acceptors (Lipinski definition) is 3. The van der Waals surface area contributed by atoms with Gasteiger partial charge in [-0.05, 0) is 11.5 Å². The summed E-state index contributed by atoms with van der Waals surface area (Å²) >= 11 is 0. The monoisotopic (exact) mass is 262 g/mol. The molecule has 2 N–H and O–H groups in total. The van der Waals surface area contributed by atoms with Crippen LogP contribution in [-0.2, 0) is 9.53 Å². The van der Waals surface area contributed by atoms with E-state index < -0.39 is 0 Å². The molecule has 0 aliphatic carbocycles. The highest BCUT2D eigenvalue weighted by Crippen LogP contribution is 2.21. The Hall–Kier alpha value is -1.39. The largest absolute Gasteiger partial charge is 0.366 e. The number of morpholine rings is 1. The summed E-state index contributed by atoms with van der Waals surface area (Å²) in [5.74, 6) is 0.303. The van der Waals surface area contributed by atoms with Gasteiger partial charge < -0.3 is 15.4 Å². The van der Waals surface area contributed by atoms with Crippen LogP contribution in [0, 0.1) is 5.92 Å². The van der Waals surface area contributed by atoms with Gasteiger partial charge in [-0.1, -0.05) is 44.2 Å². The van der Waals surface area contributed by atoms with Crippen LogP contribution in [0.15, 0.2) is 30.3 Å². The molecule has 0 aromatic heterocycles. The lowest BCUT2D eigenvalue weighted by atomic mass is 9.96. The Morgan fingerprint density at radius 2 is 2.11 bits per heavy atom. The Labute approximate surface area is 114 Å². The first-order chi connectivity index (χ1) is 9.18. The molecule has 1 aromatic rings. The van der Waals surface area contributed by atoms with Gasteiger partial charge in [0.2, 0.25) is 0 Å². The number of nitrogens with one attached hydrogen (secondary N) is 2. The van der Waals surface area contributed by atoms with E-state index in [1.165, 1.54) is 0 Å². The maximum Gasteiger partial charge on any atom is 0.250 e. The number of ether oxygens (including phenoxy) is 1. The first kappa shape index (κ1) is 14.0. The molecule has 1 saturated heterocycles. The summed E-state index contributed by atoms with van der Waals surface area (Å²) in [6.07, 6.45) is -0.376. The highest BCUT2D eigenvalue weighted by molar-refractivity contribution is 5.81. The second kappa shape index (κ2) is 6.68. The van der Waals surface area contributed by atoms with Crippen molar-refractivity contribution in [2.75, 3.05) is 19.7 Å². The summed E-state index contributed by atoms with van der Waals surface area (Å²) in [7, 11) is 0. The van der Waals surface area contributed by atoms with Gasteiger partial charge in [0, 0.05) is 13.1 Å². The molecule has 4 nitrogen and oxygen atoms in total. The van der Waals surface area contributed by atoms with E-state index in [1.807, 2.05) is 30.3 Å². The summed E-state index contributed by atoms with van der Waals surface area (Å²) in [5.41, 5.74) is 1.13. The van der Waals surface area contributed by atoms with Crippen LogP contribution in [0.5, 0.6) is 0 Å². The van der Waals surface area contributed by atoms with E-state index >= 15 is 0 Å². The van der Waals surface area contributed by atoms with E-state index in [-0.39, 0.29) is 18.1 Å². The standard InChI is InChI=1S/C15H22N2O2/c1-11(2)14(12-6-4-3-5-7-12)17-15(18)13-10-16-8-9-19-13/h3-7,11,13-14,16H,8-10H2,1-2H3,(H,17,18). The lowest BCUT2D eigenvalue weighted by Crippen LogP contribution is -2.49. The topological polar surface area (TPSA) is 50.4 Å². The lowest BCUT2D eigenvalue weighted by Gasteiger charge is -2.28. The van der Waals surface area contributed by atoms with Crippen LogP contribution in [0.1, 0.15) is 25.5 Å². The minimum absolute atomic E-state index is 0.0271. The molecule has 2 rings (SSSR count). The van der Waals surface area contributed by atoms with E-state index in [4.69, 9.17) is 4.74 Å². The zero-order chi connectivity index (χ0) is 13.7. The summed E-state index contributed by atoms with van der Waals surface area (Å²) in [4.78, 5) is 12.2. The summed E-state index contributed by atoms with van der Waals surface area (Å²) in [6, 6.07) is 10.1. The SMILES string of the molecule is CC(C)C(NC(=O)C1CNCCO1)c1ccccc1. The molecular formula is C15H22N2O2. The molecule has 104 valence electrons. The Morgan fingerprint density at radius 1 is 1.37 bits per heavy atom.